The molecule has 0 radical (unpaired) electrons. The van der Waals surface area contributed by atoms with Crippen LogP contribution in [0.2, 0.25) is 5.02 Å². The first-order valence-corrected chi connectivity index (χ1v) is 6.73. The first-order valence-electron chi connectivity index (χ1n) is 6.35. The van der Waals surface area contributed by atoms with Crippen LogP contribution in [0.1, 0.15) is 6.42 Å². The van der Waals surface area contributed by atoms with E-state index in [0.717, 1.165) is 18.8 Å². The molecule has 0 bridgehead atoms. The molecule has 1 atom stereocenters. The van der Waals surface area contributed by atoms with E-state index < -0.39 is 5.82 Å². The largest absolute Gasteiger partial charge is 0.391 e. The zero-order chi connectivity index (χ0) is 14.1. The maximum Gasteiger partial charge on any atom is 0.161 e. The van der Waals surface area contributed by atoms with Gasteiger partial charge >= 0.3 is 0 Å². The van der Waals surface area contributed by atoms with E-state index in [9.17, 15) is 9.50 Å². The van der Waals surface area contributed by atoms with Gasteiger partial charge in [0.15, 0.2) is 5.82 Å². The van der Waals surface area contributed by atoms with E-state index in [1.54, 1.807) is 18.3 Å². The van der Waals surface area contributed by atoms with Gasteiger partial charge in [0.25, 0.3) is 0 Å². The van der Waals surface area contributed by atoms with E-state index in [0.29, 0.717) is 17.9 Å². The zero-order valence-electron chi connectivity index (χ0n) is 10.6. The van der Waals surface area contributed by atoms with E-state index in [1.807, 2.05) is 4.90 Å². The Hall–Kier alpha value is -1.72. The van der Waals surface area contributed by atoms with Crippen LogP contribution in [0.15, 0.2) is 30.5 Å². The highest BCUT2D eigenvalue weighted by Crippen LogP contribution is 2.24. The van der Waals surface area contributed by atoms with Crippen molar-refractivity contribution < 1.29 is 9.50 Å². The monoisotopic (exact) mass is 293 g/mol. The number of benzene rings is 1. The summed E-state index contributed by atoms with van der Waals surface area (Å²) in [6.45, 7) is 1.32. The SMILES string of the molecule is O[C@@H]1CCN(c2ccnc(-c3ccc(Cl)c(F)c3)n2)C1. The van der Waals surface area contributed by atoms with Crippen LogP contribution < -0.4 is 4.90 Å². The number of aliphatic hydroxyl groups is 1. The number of halogens is 2. The molecule has 3 rings (SSSR count). The van der Waals surface area contributed by atoms with Crippen LogP contribution in [-0.2, 0) is 0 Å². The number of aromatic nitrogens is 2. The van der Waals surface area contributed by atoms with E-state index in [2.05, 4.69) is 9.97 Å². The number of β-amino-alcohol motifs (C(OH)–C–C–N with tert-alkyl or cyclic N) is 1. The normalized spacial score (nSPS) is 18.6. The van der Waals surface area contributed by atoms with Crippen LogP contribution >= 0.6 is 11.6 Å². The molecule has 1 aromatic carbocycles. The Morgan fingerprint density at radius 1 is 1.35 bits per heavy atom. The van der Waals surface area contributed by atoms with Crippen molar-refractivity contribution in [3.8, 4) is 11.4 Å². The van der Waals surface area contributed by atoms with Crippen molar-refractivity contribution in [2.45, 2.75) is 12.5 Å². The van der Waals surface area contributed by atoms with Crippen molar-refractivity contribution in [3.63, 3.8) is 0 Å². The Kier molecular flexibility index (Phi) is 3.54. The summed E-state index contributed by atoms with van der Waals surface area (Å²) in [5.41, 5.74) is 0.577. The molecule has 0 spiro atoms. The molecule has 0 amide bonds. The Morgan fingerprint density at radius 2 is 2.20 bits per heavy atom. The minimum absolute atomic E-state index is 0.0765. The first kappa shape index (κ1) is 13.3. The fraction of sp³-hybridized carbons (Fsp3) is 0.286. The maximum absolute atomic E-state index is 13.5. The van der Waals surface area contributed by atoms with Crippen LogP contribution in [0.5, 0.6) is 0 Å². The third kappa shape index (κ3) is 2.59. The van der Waals surface area contributed by atoms with Gasteiger partial charge in [0.05, 0.1) is 11.1 Å². The lowest BCUT2D eigenvalue weighted by atomic mass is 10.2. The van der Waals surface area contributed by atoms with Crippen molar-refractivity contribution in [1.82, 2.24) is 9.97 Å². The van der Waals surface area contributed by atoms with Gasteiger partial charge in [-0.05, 0) is 30.7 Å². The van der Waals surface area contributed by atoms with Gasteiger partial charge < -0.3 is 10.0 Å². The molecule has 104 valence electrons. The quantitative estimate of drug-likeness (QED) is 0.924. The molecular weight excluding hydrogens is 281 g/mol. The van der Waals surface area contributed by atoms with Gasteiger partial charge in [-0.25, -0.2) is 14.4 Å². The van der Waals surface area contributed by atoms with Crippen LogP contribution in [0, 0.1) is 5.82 Å². The average Bonchev–Trinajstić information content (AvgIpc) is 2.89. The molecule has 1 aliphatic rings. The highest BCUT2D eigenvalue weighted by molar-refractivity contribution is 6.30. The molecule has 1 fully saturated rings. The van der Waals surface area contributed by atoms with Crippen LogP contribution in [0.3, 0.4) is 0 Å². The maximum atomic E-state index is 13.5. The van der Waals surface area contributed by atoms with Crippen LogP contribution in [0.4, 0.5) is 10.2 Å². The molecule has 20 heavy (non-hydrogen) atoms. The second kappa shape index (κ2) is 5.34. The van der Waals surface area contributed by atoms with Gasteiger partial charge in [-0.3, -0.25) is 0 Å². The molecule has 0 aliphatic carbocycles. The molecule has 0 unspecified atom stereocenters. The number of hydrogen-bond acceptors (Lipinski definition) is 4. The molecule has 4 nitrogen and oxygen atoms in total. The van der Waals surface area contributed by atoms with Gasteiger partial charge in [0.2, 0.25) is 0 Å². The summed E-state index contributed by atoms with van der Waals surface area (Å²) in [6.07, 6.45) is 2.05. The van der Waals surface area contributed by atoms with Crippen LogP contribution in [-0.4, -0.2) is 34.3 Å². The number of nitrogens with zero attached hydrogens (tertiary/aromatic N) is 3. The summed E-state index contributed by atoms with van der Waals surface area (Å²) in [4.78, 5) is 10.6. The van der Waals surface area contributed by atoms with Crippen molar-refractivity contribution in [2.75, 3.05) is 18.0 Å². The minimum atomic E-state index is -0.491. The number of hydrogen-bond donors (Lipinski definition) is 1. The summed E-state index contributed by atoms with van der Waals surface area (Å²) < 4.78 is 13.5. The second-order valence-corrected chi connectivity index (χ2v) is 5.16. The van der Waals surface area contributed by atoms with Crippen LogP contribution in [0.25, 0.3) is 11.4 Å². The second-order valence-electron chi connectivity index (χ2n) is 4.76. The van der Waals surface area contributed by atoms with Gasteiger partial charge in [-0.2, -0.15) is 0 Å². The lowest BCUT2D eigenvalue weighted by Crippen LogP contribution is -2.22. The Balaban J connectivity index is 1.92. The first-order chi connectivity index (χ1) is 9.63. The predicted octanol–water partition coefficient (Wildman–Crippen LogP) is 2.51. The summed E-state index contributed by atoms with van der Waals surface area (Å²) in [5, 5.41) is 9.64. The third-order valence-corrected chi connectivity index (χ3v) is 3.61. The lowest BCUT2D eigenvalue weighted by Gasteiger charge is -2.16. The average molecular weight is 294 g/mol. The molecule has 6 heteroatoms. The third-order valence-electron chi connectivity index (χ3n) is 3.31. The van der Waals surface area contributed by atoms with Crippen molar-refractivity contribution >= 4 is 17.4 Å². The molecule has 2 heterocycles. The Labute approximate surface area is 120 Å². The molecule has 1 saturated heterocycles. The summed E-state index contributed by atoms with van der Waals surface area (Å²) in [6, 6.07) is 6.28. The van der Waals surface area contributed by atoms with Crippen molar-refractivity contribution in [3.05, 3.63) is 41.3 Å². The molecular formula is C14H13ClFN3O. The van der Waals surface area contributed by atoms with E-state index >= 15 is 0 Å². The van der Waals surface area contributed by atoms with E-state index in [4.69, 9.17) is 11.6 Å². The fourth-order valence-corrected chi connectivity index (χ4v) is 2.37. The lowest BCUT2D eigenvalue weighted by molar-refractivity contribution is 0.198. The molecule has 1 aliphatic heterocycles. The van der Waals surface area contributed by atoms with E-state index in [-0.39, 0.29) is 11.1 Å². The highest BCUT2D eigenvalue weighted by Gasteiger charge is 2.21. The number of rotatable bonds is 2. The zero-order valence-corrected chi connectivity index (χ0v) is 11.4. The van der Waals surface area contributed by atoms with E-state index in [1.165, 1.54) is 12.1 Å². The molecule has 2 aromatic rings. The standard InChI is InChI=1S/C14H13ClFN3O/c15-11-2-1-9(7-12(11)16)14-17-5-3-13(18-14)19-6-4-10(20)8-19/h1-3,5,7,10,20H,4,6,8H2/t10-/m1/s1. The van der Waals surface area contributed by atoms with Crippen molar-refractivity contribution in [1.29, 1.82) is 0 Å². The van der Waals surface area contributed by atoms with Gasteiger partial charge in [0.1, 0.15) is 11.6 Å². The minimum Gasteiger partial charge on any atom is -0.391 e. The van der Waals surface area contributed by atoms with Crippen molar-refractivity contribution in [2.24, 2.45) is 0 Å². The number of anilines is 1. The Morgan fingerprint density at radius 3 is 2.90 bits per heavy atom. The summed E-state index contributed by atoms with van der Waals surface area (Å²) in [5.74, 6) is 0.691. The highest BCUT2D eigenvalue weighted by atomic mass is 35.5. The molecule has 0 saturated carbocycles. The van der Waals surface area contributed by atoms with Gasteiger partial charge in [0, 0.05) is 24.8 Å². The van der Waals surface area contributed by atoms with Gasteiger partial charge in [-0.15, -0.1) is 0 Å². The molecule has 1 aromatic heterocycles. The Bertz CT molecular complexity index is 638. The summed E-state index contributed by atoms with van der Waals surface area (Å²) >= 11 is 5.67. The van der Waals surface area contributed by atoms with Gasteiger partial charge in [-0.1, -0.05) is 11.6 Å². The smallest absolute Gasteiger partial charge is 0.161 e. The number of aliphatic hydroxyl groups excluding tert-OH is 1. The fourth-order valence-electron chi connectivity index (χ4n) is 2.25. The predicted molar refractivity (Wildman–Crippen MR) is 75.3 cm³/mol. The topological polar surface area (TPSA) is 49.2 Å². The summed E-state index contributed by atoms with van der Waals surface area (Å²) in [7, 11) is 0. The molecule has 1 N–H and O–H groups in total.